The van der Waals surface area contributed by atoms with Gasteiger partial charge in [-0.2, -0.15) is 0 Å². The van der Waals surface area contributed by atoms with Crippen LogP contribution < -0.4 is 25.4 Å². The van der Waals surface area contributed by atoms with Crippen LogP contribution in [0.4, 0.5) is 5.69 Å². The van der Waals surface area contributed by atoms with Crippen molar-refractivity contribution in [1.29, 1.82) is 0 Å². The van der Waals surface area contributed by atoms with Crippen LogP contribution in [0.1, 0.15) is 37.0 Å². The van der Waals surface area contributed by atoms with Crippen molar-refractivity contribution in [2.45, 2.75) is 37.6 Å². The summed E-state index contributed by atoms with van der Waals surface area (Å²) in [5.41, 5.74) is 0.534. The van der Waals surface area contributed by atoms with Crippen LogP contribution in [0.2, 0.25) is 0 Å². The second-order valence-electron chi connectivity index (χ2n) is 10.2. The molecule has 3 aromatic rings. The van der Waals surface area contributed by atoms with Crippen molar-refractivity contribution >= 4 is 27.5 Å². The molecule has 40 heavy (non-hydrogen) atoms. The molecule has 1 aliphatic heterocycles. The quantitative estimate of drug-likeness (QED) is 0.277. The fourth-order valence-corrected chi connectivity index (χ4v) is 5.52. The highest BCUT2D eigenvalue weighted by atomic mass is 32.2. The highest BCUT2D eigenvalue weighted by molar-refractivity contribution is 7.92. The van der Waals surface area contributed by atoms with Crippen molar-refractivity contribution in [1.82, 2.24) is 16.0 Å². The van der Waals surface area contributed by atoms with Crippen LogP contribution >= 0.6 is 0 Å². The number of hydrogen-bond acceptors (Lipinski definition) is 6. The predicted octanol–water partition coefficient (Wildman–Crippen LogP) is 4.15. The number of piperidine rings is 1. The summed E-state index contributed by atoms with van der Waals surface area (Å²) >= 11 is 0. The van der Waals surface area contributed by atoms with Gasteiger partial charge in [0, 0.05) is 12.1 Å². The maximum atomic E-state index is 13.1. The van der Waals surface area contributed by atoms with Gasteiger partial charge in [0.05, 0.1) is 10.6 Å². The Labute approximate surface area is 235 Å². The number of nitrogens with one attached hydrogen (secondary N) is 4. The molecule has 1 saturated heterocycles. The Bertz CT molecular complexity index is 1390. The van der Waals surface area contributed by atoms with E-state index in [4.69, 9.17) is 4.74 Å². The maximum Gasteiger partial charge on any atom is 0.262 e. The summed E-state index contributed by atoms with van der Waals surface area (Å²) in [7, 11) is -3.97. The standard InChI is InChI=1S/C30H36N4O5S/c1-21(2)28(30(36)32-20-22-16-18-31-19-17-22)33-29(35)23-12-14-25(15-13-23)40(37,38)34-26-10-6-7-11-27(26)39-24-8-4-3-5-9-24/h3-15,21-22,28,31,34H,16-20H2,1-2H3,(H,32,36)(H,33,35)/t28-/m0/s1. The van der Waals surface area contributed by atoms with E-state index < -0.39 is 22.0 Å². The van der Waals surface area contributed by atoms with Gasteiger partial charge in [-0.05, 0) is 86.3 Å². The first-order valence-electron chi connectivity index (χ1n) is 13.5. The molecule has 0 radical (unpaired) electrons. The van der Waals surface area contributed by atoms with E-state index in [2.05, 4.69) is 20.7 Å². The van der Waals surface area contributed by atoms with E-state index >= 15 is 0 Å². The van der Waals surface area contributed by atoms with Crippen molar-refractivity contribution < 1.29 is 22.7 Å². The molecule has 1 atom stereocenters. The van der Waals surface area contributed by atoms with Crippen LogP contribution in [0.15, 0.2) is 83.8 Å². The number of carbonyl (C=O) groups excluding carboxylic acids is 2. The Morgan fingerprint density at radius 2 is 1.57 bits per heavy atom. The Morgan fingerprint density at radius 1 is 0.925 bits per heavy atom. The normalized spacial score (nSPS) is 14.8. The first kappa shape index (κ1) is 29.1. The van der Waals surface area contributed by atoms with E-state index in [-0.39, 0.29) is 28.0 Å². The Morgan fingerprint density at radius 3 is 2.25 bits per heavy atom. The lowest BCUT2D eigenvalue weighted by molar-refractivity contribution is -0.124. The number of ether oxygens (including phenoxy) is 1. The van der Waals surface area contributed by atoms with Gasteiger partial charge in [0.1, 0.15) is 11.8 Å². The minimum Gasteiger partial charge on any atom is -0.455 e. The molecule has 0 saturated carbocycles. The minimum absolute atomic E-state index is 0.0151. The molecular formula is C30H36N4O5S. The van der Waals surface area contributed by atoms with Crippen LogP contribution in [0.25, 0.3) is 0 Å². The Kier molecular flexibility index (Phi) is 9.79. The number of amides is 2. The second kappa shape index (κ2) is 13.5. The van der Waals surface area contributed by atoms with E-state index in [1.165, 1.54) is 24.3 Å². The van der Waals surface area contributed by atoms with Crippen molar-refractivity contribution in [2.24, 2.45) is 11.8 Å². The molecular weight excluding hydrogens is 528 g/mol. The summed E-state index contributed by atoms with van der Waals surface area (Å²) < 4.78 is 34.7. The Balaban J connectivity index is 1.40. The zero-order valence-corrected chi connectivity index (χ0v) is 23.5. The molecule has 9 nitrogen and oxygen atoms in total. The van der Waals surface area contributed by atoms with E-state index in [0.717, 1.165) is 25.9 Å². The number of rotatable bonds is 11. The molecule has 0 unspecified atom stereocenters. The van der Waals surface area contributed by atoms with Gasteiger partial charge in [0.25, 0.3) is 15.9 Å². The number of sulfonamides is 1. The number of carbonyl (C=O) groups is 2. The zero-order valence-electron chi connectivity index (χ0n) is 22.7. The van der Waals surface area contributed by atoms with Crippen LogP contribution in [-0.2, 0) is 14.8 Å². The number of hydrogen-bond donors (Lipinski definition) is 4. The molecule has 0 bridgehead atoms. The molecule has 1 heterocycles. The molecule has 0 aromatic heterocycles. The molecule has 2 amide bonds. The van der Waals surface area contributed by atoms with Gasteiger partial charge >= 0.3 is 0 Å². The van der Waals surface area contributed by atoms with Crippen molar-refractivity contribution in [3.05, 3.63) is 84.4 Å². The summed E-state index contributed by atoms with van der Waals surface area (Å²) in [6.07, 6.45) is 2.02. The summed E-state index contributed by atoms with van der Waals surface area (Å²) in [6.45, 7) is 6.21. The van der Waals surface area contributed by atoms with Crippen LogP contribution in [0.5, 0.6) is 11.5 Å². The average Bonchev–Trinajstić information content (AvgIpc) is 2.96. The molecule has 3 aromatic carbocycles. The predicted molar refractivity (Wildman–Crippen MR) is 155 cm³/mol. The monoisotopic (exact) mass is 564 g/mol. The second-order valence-corrected chi connectivity index (χ2v) is 11.9. The highest BCUT2D eigenvalue weighted by Crippen LogP contribution is 2.31. The Hall–Kier alpha value is -3.89. The first-order chi connectivity index (χ1) is 19.2. The summed E-state index contributed by atoms with van der Waals surface area (Å²) in [5.74, 6) is 0.555. The molecule has 1 fully saturated rings. The molecule has 1 aliphatic rings. The fourth-order valence-electron chi connectivity index (χ4n) is 4.44. The molecule has 10 heteroatoms. The molecule has 212 valence electrons. The topological polar surface area (TPSA) is 126 Å². The van der Waals surface area contributed by atoms with E-state index in [0.29, 0.717) is 24.0 Å². The number of para-hydroxylation sites is 3. The van der Waals surface area contributed by atoms with Gasteiger partial charge in [-0.1, -0.05) is 44.2 Å². The lowest BCUT2D eigenvalue weighted by Gasteiger charge is -2.26. The van der Waals surface area contributed by atoms with Gasteiger partial charge in [-0.15, -0.1) is 0 Å². The fraction of sp³-hybridized carbons (Fsp3) is 0.333. The van der Waals surface area contributed by atoms with E-state index in [1.807, 2.05) is 32.0 Å². The number of anilines is 1. The molecule has 0 aliphatic carbocycles. The third kappa shape index (κ3) is 7.83. The van der Waals surface area contributed by atoms with Gasteiger partial charge in [-0.3, -0.25) is 14.3 Å². The van der Waals surface area contributed by atoms with Crippen LogP contribution in [0, 0.1) is 11.8 Å². The van der Waals surface area contributed by atoms with E-state index in [1.54, 1.807) is 36.4 Å². The van der Waals surface area contributed by atoms with Gasteiger partial charge in [0.15, 0.2) is 5.75 Å². The smallest absolute Gasteiger partial charge is 0.262 e. The highest BCUT2D eigenvalue weighted by Gasteiger charge is 2.26. The van der Waals surface area contributed by atoms with Gasteiger partial charge in [0.2, 0.25) is 5.91 Å². The summed E-state index contributed by atoms with van der Waals surface area (Å²) in [5, 5.41) is 9.09. The van der Waals surface area contributed by atoms with Gasteiger partial charge in [-0.25, -0.2) is 8.42 Å². The third-order valence-electron chi connectivity index (χ3n) is 6.79. The largest absolute Gasteiger partial charge is 0.455 e. The summed E-state index contributed by atoms with van der Waals surface area (Å²) in [6, 6.07) is 20.7. The van der Waals surface area contributed by atoms with Crippen LogP contribution in [-0.4, -0.2) is 45.9 Å². The molecule has 0 spiro atoms. The first-order valence-corrected chi connectivity index (χ1v) is 15.0. The SMILES string of the molecule is CC(C)[C@H](NC(=O)c1ccc(S(=O)(=O)Nc2ccccc2Oc2ccccc2)cc1)C(=O)NCC1CCNCC1. The average molecular weight is 565 g/mol. The lowest BCUT2D eigenvalue weighted by Crippen LogP contribution is -2.50. The summed E-state index contributed by atoms with van der Waals surface area (Å²) in [4.78, 5) is 25.8. The third-order valence-corrected chi connectivity index (χ3v) is 8.17. The van der Waals surface area contributed by atoms with Gasteiger partial charge < -0.3 is 20.7 Å². The maximum absolute atomic E-state index is 13.1. The lowest BCUT2D eigenvalue weighted by atomic mass is 9.97. The molecule has 4 N–H and O–H groups in total. The van der Waals surface area contributed by atoms with Crippen LogP contribution in [0.3, 0.4) is 0 Å². The zero-order chi connectivity index (χ0) is 28.5. The minimum atomic E-state index is -3.97. The number of benzene rings is 3. The van der Waals surface area contributed by atoms with Crippen molar-refractivity contribution in [3.8, 4) is 11.5 Å². The van der Waals surface area contributed by atoms with Crippen molar-refractivity contribution in [2.75, 3.05) is 24.4 Å². The van der Waals surface area contributed by atoms with Crippen molar-refractivity contribution in [3.63, 3.8) is 0 Å². The van der Waals surface area contributed by atoms with E-state index in [9.17, 15) is 18.0 Å². The molecule has 4 rings (SSSR count).